The van der Waals surface area contributed by atoms with E-state index in [-0.39, 0.29) is 6.61 Å². The highest BCUT2D eigenvalue weighted by Gasteiger charge is 2.48. The van der Waals surface area contributed by atoms with Gasteiger partial charge in [0.05, 0.1) is 33.0 Å². The Morgan fingerprint density at radius 1 is 0.475 bits per heavy atom. The molecule has 5 atom stereocenters. The van der Waals surface area contributed by atoms with Crippen LogP contribution in [0.2, 0.25) is 0 Å². The van der Waals surface area contributed by atoms with Crippen LogP contribution in [0, 0.1) is 0 Å². The highest BCUT2D eigenvalue weighted by Crippen LogP contribution is 2.30. The zero-order valence-corrected chi connectivity index (χ0v) is 22.5. The summed E-state index contributed by atoms with van der Waals surface area (Å²) in [5.74, 6) is 0. The molecule has 6 heteroatoms. The standard InChI is InChI=1S/C34H36O6/c35-34-33(39-24-29-19-11-4-12-20-29)32(38-23-28-17-9-3-10-18-28)31(37-22-27-15-7-2-8-16-27)30(40-34)25-36-21-26-13-5-1-6-14-26/h1-20,30-35H,21-25H2/t30?,31-,32-,33+,34?/m0/s1. The minimum Gasteiger partial charge on any atom is -0.374 e. The molecule has 0 spiro atoms. The first-order valence-corrected chi connectivity index (χ1v) is 13.7. The lowest BCUT2D eigenvalue weighted by atomic mass is 9.98. The maximum absolute atomic E-state index is 11.2. The second-order valence-electron chi connectivity index (χ2n) is 9.85. The molecule has 1 aliphatic rings. The van der Waals surface area contributed by atoms with Crippen LogP contribution in [0.3, 0.4) is 0 Å². The number of aliphatic hydroxyl groups is 1. The number of benzene rings is 4. The van der Waals surface area contributed by atoms with E-state index in [0.29, 0.717) is 26.4 Å². The minimum atomic E-state index is -1.22. The second kappa shape index (κ2) is 14.9. The predicted molar refractivity (Wildman–Crippen MR) is 152 cm³/mol. The Balaban J connectivity index is 1.36. The largest absolute Gasteiger partial charge is 0.374 e. The van der Waals surface area contributed by atoms with Crippen LogP contribution in [0.1, 0.15) is 22.3 Å². The maximum Gasteiger partial charge on any atom is 0.184 e. The number of hydrogen-bond donors (Lipinski definition) is 1. The number of aliphatic hydroxyl groups excluding tert-OH is 1. The predicted octanol–water partition coefficient (Wildman–Crippen LogP) is 5.68. The van der Waals surface area contributed by atoms with Gasteiger partial charge in [0.15, 0.2) is 6.29 Å². The molecule has 0 saturated carbocycles. The third-order valence-electron chi connectivity index (χ3n) is 6.86. The highest BCUT2D eigenvalue weighted by atomic mass is 16.7. The highest BCUT2D eigenvalue weighted by molar-refractivity contribution is 5.16. The first kappa shape index (κ1) is 28.2. The molecule has 1 heterocycles. The van der Waals surface area contributed by atoms with E-state index in [1.165, 1.54) is 0 Å². The quantitative estimate of drug-likeness (QED) is 0.236. The molecule has 1 aliphatic heterocycles. The summed E-state index contributed by atoms with van der Waals surface area (Å²) in [7, 11) is 0. The molecule has 0 radical (unpaired) electrons. The molecule has 0 bridgehead atoms. The first-order valence-electron chi connectivity index (χ1n) is 13.7. The Labute approximate surface area is 236 Å². The van der Waals surface area contributed by atoms with E-state index in [4.69, 9.17) is 23.7 Å². The fourth-order valence-electron chi connectivity index (χ4n) is 4.77. The van der Waals surface area contributed by atoms with Crippen molar-refractivity contribution in [2.24, 2.45) is 0 Å². The average molecular weight is 541 g/mol. The third kappa shape index (κ3) is 8.08. The van der Waals surface area contributed by atoms with Gasteiger partial charge >= 0.3 is 0 Å². The van der Waals surface area contributed by atoms with E-state index in [1.807, 2.05) is 121 Å². The van der Waals surface area contributed by atoms with Gasteiger partial charge in [0, 0.05) is 0 Å². The van der Waals surface area contributed by atoms with E-state index in [0.717, 1.165) is 22.3 Å². The van der Waals surface area contributed by atoms with Crippen molar-refractivity contribution in [1.29, 1.82) is 0 Å². The van der Waals surface area contributed by atoms with Crippen LogP contribution in [0.5, 0.6) is 0 Å². The van der Waals surface area contributed by atoms with Gasteiger partial charge < -0.3 is 28.8 Å². The smallest absolute Gasteiger partial charge is 0.184 e. The monoisotopic (exact) mass is 540 g/mol. The van der Waals surface area contributed by atoms with E-state index in [1.54, 1.807) is 0 Å². The summed E-state index contributed by atoms with van der Waals surface area (Å²) < 4.78 is 31.4. The molecule has 6 nitrogen and oxygen atoms in total. The fourth-order valence-corrected chi connectivity index (χ4v) is 4.77. The van der Waals surface area contributed by atoms with Crippen molar-refractivity contribution in [3.63, 3.8) is 0 Å². The van der Waals surface area contributed by atoms with Crippen LogP contribution >= 0.6 is 0 Å². The molecule has 0 aliphatic carbocycles. The number of hydrogen-bond acceptors (Lipinski definition) is 6. The Hall–Kier alpha value is -3.36. The lowest BCUT2D eigenvalue weighted by Gasteiger charge is -2.44. The maximum atomic E-state index is 11.2. The van der Waals surface area contributed by atoms with Crippen molar-refractivity contribution in [2.75, 3.05) is 6.61 Å². The summed E-state index contributed by atoms with van der Waals surface area (Å²) in [5.41, 5.74) is 4.10. The van der Waals surface area contributed by atoms with Gasteiger partial charge in [-0.25, -0.2) is 0 Å². The Morgan fingerprint density at radius 3 is 1.30 bits per heavy atom. The second-order valence-corrected chi connectivity index (χ2v) is 9.85. The molecule has 4 aromatic rings. The van der Waals surface area contributed by atoms with Gasteiger partial charge in [-0.1, -0.05) is 121 Å². The normalized spacial score (nSPS) is 22.7. The average Bonchev–Trinajstić information content (AvgIpc) is 3.01. The Kier molecular flexibility index (Phi) is 10.5. The molecule has 5 rings (SSSR count). The van der Waals surface area contributed by atoms with Gasteiger partial charge in [0.2, 0.25) is 0 Å². The zero-order chi connectivity index (χ0) is 27.4. The minimum absolute atomic E-state index is 0.224. The van der Waals surface area contributed by atoms with E-state index in [2.05, 4.69) is 0 Å². The van der Waals surface area contributed by atoms with Crippen LogP contribution < -0.4 is 0 Å². The lowest BCUT2D eigenvalue weighted by Crippen LogP contribution is -2.61. The van der Waals surface area contributed by atoms with Crippen LogP contribution in [0.25, 0.3) is 0 Å². The number of ether oxygens (including phenoxy) is 5. The molecule has 1 N–H and O–H groups in total. The summed E-state index contributed by atoms with van der Waals surface area (Å²) in [6.45, 7) is 1.65. The van der Waals surface area contributed by atoms with Crippen LogP contribution in [0.15, 0.2) is 121 Å². The Bertz CT molecular complexity index is 1240. The summed E-state index contributed by atoms with van der Waals surface area (Å²) >= 11 is 0. The van der Waals surface area contributed by atoms with Gasteiger partial charge in [0.25, 0.3) is 0 Å². The topological polar surface area (TPSA) is 66.4 Å². The van der Waals surface area contributed by atoms with E-state index in [9.17, 15) is 5.11 Å². The van der Waals surface area contributed by atoms with Gasteiger partial charge in [-0.15, -0.1) is 0 Å². The fraction of sp³-hybridized carbons (Fsp3) is 0.294. The molecule has 0 amide bonds. The van der Waals surface area contributed by atoms with E-state index < -0.39 is 30.7 Å². The first-order chi connectivity index (χ1) is 19.8. The molecule has 0 aromatic heterocycles. The molecule has 1 fully saturated rings. The van der Waals surface area contributed by atoms with Crippen molar-refractivity contribution in [3.8, 4) is 0 Å². The van der Waals surface area contributed by atoms with Gasteiger partial charge in [0.1, 0.15) is 24.4 Å². The zero-order valence-electron chi connectivity index (χ0n) is 22.5. The summed E-state index contributed by atoms with van der Waals surface area (Å²) in [6.07, 6.45) is -3.72. The van der Waals surface area contributed by atoms with Crippen LogP contribution in [0.4, 0.5) is 0 Å². The molecular weight excluding hydrogens is 504 g/mol. The summed E-state index contributed by atoms with van der Waals surface area (Å²) in [6, 6.07) is 39.7. The molecule has 208 valence electrons. The molecule has 1 saturated heterocycles. The van der Waals surface area contributed by atoms with Crippen molar-refractivity contribution < 1.29 is 28.8 Å². The van der Waals surface area contributed by atoms with Gasteiger partial charge in [-0.2, -0.15) is 0 Å². The van der Waals surface area contributed by atoms with Crippen LogP contribution in [-0.2, 0) is 50.1 Å². The molecule has 4 aromatic carbocycles. The summed E-state index contributed by atoms with van der Waals surface area (Å²) in [4.78, 5) is 0. The van der Waals surface area contributed by atoms with E-state index >= 15 is 0 Å². The Morgan fingerprint density at radius 2 is 0.850 bits per heavy atom. The SMILES string of the molecule is OC1OC(COCc2ccccc2)[C@H](OCc2ccccc2)[C@H](OCc2ccccc2)[C@H]1OCc1ccccc1. The lowest BCUT2D eigenvalue weighted by molar-refractivity contribution is -0.317. The van der Waals surface area contributed by atoms with Crippen LogP contribution in [-0.4, -0.2) is 42.4 Å². The van der Waals surface area contributed by atoms with Gasteiger partial charge in [-0.3, -0.25) is 0 Å². The van der Waals surface area contributed by atoms with Crippen molar-refractivity contribution in [1.82, 2.24) is 0 Å². The number of rotatable bonds is 13. The molecule has 2 unspecified atom stereocenters. The van der Waals surface area contributed by atoms with Crippen molar-refractivity contribution >= 4 is 0 Å². The molecule has 40 heavy (non-hydrogen) atoms. The third-order valence-corrected chi connectivity index (χ3v) is 6.86. The van der Waals surface area contributed by atoms with Crippen molar-refractivity contribution in [3.05, 3.63) is 144 Å². The van der Waals surface area contributed by atoms with Gasteiger partial charge in [-0.05, 0) is 22.3 Å². The summed E-state index contributed by atoms with van der Waals surface area (Å²) in [5, 5.41) is 11.2. The molecular formula is C34H36O6. The van der Waals surface area contributed by atoms with Crippen molar-refractivity contribution in [2.45, 2.75) is 57.1 Å².